The highest BCUT2D eigenvalue weighted by Crippen LogP contribution is 2.41. The van der Waals surface area contributed by atoms with E-state index in [0.717, 1.165) is 31.4 Å². The largest absolute Gasteiger partial charge is 0.470 e. The minimum Gasteiger partial charge on any atom is -0.470 e. The Morgan fingerprint density at radius 1 is 1.16 bits per heavy atom. The molecule has 2 aliphatic heterocycles. The van der Waals surface area contributed by atoms with Crippen LogP contribution in [0.3, 0.4) is 0 Å². The van der Waals surface area contributed by atoms with Gasteiger partial charge in [0.25, 0.3) is 0 Å². The Balaban J connectivity index is 1.29. The lowest BCUT2D eigenvalue weighted by Crippen LogP contribution is -2.50. The summed E-state index contributed by atoms with van der Waals surface area (Å²) >= 11 is 12.7. The number of esters is 1. The quantitative estimate of drug-likeness (QED) is 0.187. The van der Waals surface area contributed by atoms with Crippen LogP contribution < -0.4 is 15.4 Å². The molecule has 236 valence electrons. The first-order chi connectivity index (χ1) is 21.2. The standard InChI is InChI=1S/C32H34Cl2FN7O3/c1-31(2,3)45-30(43)28(26-21(33)9-10-22(35)27(26)34)44-23-11-18(13-37-29(23)36)19-14-38-42(15-19)25-8-6-7-24(39-25)41-17-32(4)12-20(41)16-40(32)5/h6-11,13-15,20,28H,12,16-17H2,1-5H3,(H2,36,37)/t20-,28+,32-/m0/s1. The topological polar surface area (TPSA) is 112 Å². The highest BCUT2D eigenvalue weighted by molar-refractivity contribution is 6.36. The molecule has 0 unspecified atom stereocenters. The molecule has 0 amide bonds. The number of benzene rings is 1. The summed E-state index contributed by atoms with van der Waals surface area (Å²) in [6.45, 7) is 9.32. The Morgan fingerprint density at radius 2 is 1.91 bits per heavy atom. The van der Waals surface area contributed by atoms with E-state index in [9.17, 15) is 9.18 Å². The molecule has 2 fully saturated rings. The van der Waals surface area contributed by atoms with E-state index >= 15 is 0 Å². The predicted octanol–water partition coefficient (Wildman–Crippen LogP) is 6.10. The van der Waals surface area contributed by atoms with Crippen molar-refractivity contribution in [1.29, 1.82) is 0 Å². The number of hydrogen-bond acceptors (Lipinski definition) is 9. The van der Waals surface area contributed by atoms with Gasteiger partial charge in [0.2, 0.25) is 6.10 Å². The minimum absolute atomic E-state index is 0.00281. The number of nitrogens with zero attached hydrogens (tertiary/aromatic N) is 6. The number of carbonyl (C=O) groups is 1. The van der Waals surface area contributed by atoms with Gasteiger partial charge in [-0.25, -0.2) is 23.8 Å². The van der Waals surface area contributed by atoms with Gasteiger partial charge < -0.3 is 20.1 Å². The van der Waals surface area contributed by atoms with Crippen LogP contribution in [0, 0.1) is 5.82 Å². The Labute approximate surface area is 270 Å². The van der Waals surface area contributed by atoms with E-state index in [-0.39, 0.29) is 32.7 Å². The number of nitrogen functional groups attached to an aromatic ring is 1. The van der Waals surface area contributed by atoms with Crippen LogP contribution in [0.25, 0.3) is 16.9 Å². The molecule has 10 nitrogen and oxygen atoms in total. The van der Waals surface area contributed by atoms with Gasteiger partial charge >= 0.3 is 5.97 Å². The number of halogens is 3. The normalized spacial score (nSPS) is 20.4. The monoisotopic (exact) mass is 653 g/mol. The third-order valence-corrected chi connectivity index (χ3v) is 9.00. The number of rotatable bonds is 7. The number of aromatic nitrogens is 4. The lowest BCUT2D eigenvalue weighted by Gasteiger charge is -2.38. The van der Waals surface area contributed by atoms with Crippen LogP contribution in [0.1, 0.15) is 45.8 Å². The van der Waals surface area contributed by atoms with Crippen molar-refractivity contribution in [3.05, 3.63) is 76.4 Å². The van der Waals surface area contributed by atoms with Crippen LogP contribution in [0.2, 0.25) is 10.0 Å². The maximum Gasteiger partial charge on any atom is 0.352 e. The van der Waals surface area contributed by atoms with Crippen molar-refractivity contribution in [2.75, 3.05) is 30.8 Å². The predicted molar refractivity (Wildman–Crippen MR) is 171 cm³/mol. The van der Waals surface area contributed by atoms with Gasteiger partial charge in [0.15, 0.2) is 17.4 Å². The molecule has 4 aromatic rings. The van der Waals surface area contributed by atoms with Crippen molar-refractivity contribution < 1.29 is 18.7 Å². The number of nitrogens with two attached hydrogens (primary N) is 1. The third-order valence-electron chi connectivity index (χ3n) is 8.29. The molecule has 45 heavy (non-hydrogen) atoms. The Kier molecular flexibility index (Phi) is 7.91. The summed E-state index contributed by atoms with van der Waals surface area (Å²) in [7, 11) is 2.18. The Morgan fingerprint density at radius 3 is 2.60 bits per heavy atom. The first kappa shape index (κ1) is 31.1. The average molecular weight is 655 g/mol. The molecule has 0 spiro atoms. The van der Waals surface area contributed by atoms with Crippen molar-refractivity contribution in [2.45, 2.75) is 57.4 Å². The zero-order valence-corrected chi connectivity index (χ0v) is 27.1. The van der Waals surface area contributed by atoms with Gasteiger partial charge in [0, 0.05) is 58.8 Å². The van der Waals surface area contributed by atoms with Crippen LogP contribution in [-0.4, -0.2) is 67.9 Å². The molecule has 0 aliphatic carbocycles. The van der Waals surface area contributed by atoms with Crippen molar-refractivity contribution >= 4 is 40.8 Å². The van der Waals surface area contributed by atoms with E-state index in [1.807, 2.05) is 24.4 Å². The molecule has 5 heterocycles. The Hall–Kier alpha value is -3.93. The summed E-state index contributed by atoms with van der Waals surface area (Å²) < 4.78 is 27.8. The number of fused-ring (bicyclic) bond motifs is 2. The van der Waals surface area contributed by atoms with E-state index in [1.54, 1.807) is 43.9 Å². The SMILES string of the molecule is CN1C[C@@H]2C[C@@]1(C)CN2c1cccc(-n2cc(-c3cnc(N)c(O[C@@H](C(=O)OC(C)(C)C)c4c(Cl)ccc(F)c4Cl)c3)cn2)n1. The minimum atomic E-state index is -1.53. The van der Waals surface area contributed by atoms with Crippen LogP contribution in [-0.2, 0) is 9.53 Å². The van der Waals surface area contributed by atoms with Crippen molar-refractivity contribution in [3.63, 3.8) is 0 Å². The van der Waals surface area contributed by atoms with Crippen molar-refractivity contribution in [2.24, 2.45) is 0 Å². The van der Waals surface area contributed by atoms with Gasteiger partial charge in [0.05, 0.1) is 11.2 Å². The molecule has 3 aromatic heterocycles. The van der Waals surface area contributed by atoms with E-state index in [1.165, 1.54) is 6.07 Å². The molecule has 2 saturated heterocycles. The fourth-order valence-corrected chi connectivity index (χ4v) is 6.49. The molecular formula is C32H34Cl2FN7O3. The third kappa shape index (κ3) is 6.04. The van der Waals surface area contributed by atoms with Gasteiger partial charge in [-0.15, -0.1) is 0 Å². The summed E-state index contributed by atoms with van der Waals surface area (Å²) in [6, 6.07) is 10.3. The number of likely N-dealkylation sites (N-methyl/N-ethyl adjacent to an activating group) is 1. The molecule has 3 atom stereocenters. The molecule has 6 rings (SSSR count). The average Bonchev–Trinajstić information content (AvgIpc) is 3.68. The van der Waals surface area contributed by atoms with Gasteiger partial charge in [0.1, 0.15) is 17.2 Å². The Bertz CT molecular complexity index is 1780. The summed E-state index contributed by atoms with van der Waals surface area (Å²) in [4.78, 5) is 27.3. The summed E-state index contributed by atoms with van der Waals surface area (Å²) in [5.41, 5.74) is 6.67. The van der Waals surface area contributed by atoms with Crippen molar-refractivity contribution in [3.8, 4) is 22.7 Å². The van der Waals surface area contributed by atoms with Gasteiger partial charge in [-0.1, -0.05) is 29.3 Å². The molecule has 1 aromatic carbocycles. The molecule has 0 radical (unpaired) electrons. The zero-order valence-electron chi connectivity index (χ0n) is 25.6. The number of likely N-dealkylation sites (tertiary alicyclic amines) is 1. The smallest absolute Gasteiger partial charge is 0.352 e. The number of pyridine rings is 2. The van der Waals surface area contributed by atoms with E-state index in [2.05, 4.69) is 33.9 Å². The second kappa shape index (κ2) is 11.5. The van der Waals surface area contributed by atoms with Crippen LogP contribution >= 0.6 is 23.2 Å². The van der Waals surface area contributed by atoms with E-state index in [0.29, 0.717) is 23.0 Å². The molecule has 2 N–H and O–H groups in total. The molecule has 13 heteroatoms. The molecule has 2 aliphatic rings. The van der Waals surface area contributed by atoms with E-state index in [4.69, 9.17) is 43.4 Å². The number of piperazine rings is 1. The first-order valence-corrected chi connectivity index (χ1v) is 15.3. The number of hydrogen-bond donors (Lipinski definition) is 1. The summed E-state index contributed by atoms with van der Waals surface area (Å²) in [5, 5.41) is 4.21. The molecular weight excluding hydrogens is 620 g/mol. The summed E-state index contributed by atoms with van der Waals surface area (Å²) in [5.74, 6) is 0.0378. The maximum atomic E-state index is 14.5. The number of ether oxygens (including phenoxy) is 2. The molecule has 2 bridgehead atoms. The lowest BCUT2D eigenvalue weighted by molar-refractivity contribution is -0.163. The first-order valence-electron chi connectivity index (χ1n) is 14.5. The van der Waals surface area contributed by atoms with Crippen molar-refractivity contribution in [1.82, 2.24) is 24.6 Å². The van der Waals surface area contributed by atoms with Crippen LogP contribution in [0.5, 0.6) is 5.75 Å². The highest BCUT2D eigenvalue weighted by atomic mass is 35.5. The zero-order chi connectivity index (χ0) is 32.3. The van der Waals surface area contributed by atoms with Gasteiger partial charge in [-0.05, 0) is 71.5 Å². The fraction of sp³-hybridized carbons (Fsp3) is 0.375. The van der Waals surface area contributed by atoms with Gasteiger partial charge in [-0.3, -0.25) is 4.90 Å². The van der Waals surface area contributed by atoms with Crippen LogP contribution in [0.15, 0.2) is 55.0 Å². The maximum absolute atomic E-state index is 14.5. The fourth-order valence-electron chi connectivity index (χ4n) is 5.92. The highest BCUT2D eigenvalue weighted by Gasteiger charge is 2.50. The second-order valence-corrected chi connectivity index (χ2v) is 13.6. The number of carbonyl (C=O) groups excluding carboxylic acids is 1. The lowest BCUT2D eigenvalue weighted by atomic mass is 10.0. The number of anilines is 2. The molecule has 0 saturated carbocycles. The van der Waals surface area contributed by atoms with Crippen LogP contribution in [0.4, 0.5) is 16.0 Å². The second-order valence-electron chi connectivity index (χ2n) is 12.8. The van der Waals surface area contributed by atoms with Gasteiger partial charge in [-0.2, -0.15) is 5.10 Å². The van der Waals surface area contributed by atoms with E-state index < -0.39 is 23.5 Å². The summed E-state index contributed by atoms with van der Waals surface area (Å²) in [6.07, 6.45) is 4.64.